The molecular formula is C14H19ClN2O2. The van der Waals surface area contributed by atoms with E-state index in [1.54, 1.807) is 19.1 Å². The standard InChI is InChI=1S/C14H19ClN2O2/c1-11(19-13-6-3-2-5-12(13)15)14(18)17-9-4-7-16-8-10-17/h2-3,5-6,11,16H,4,7-10H2,1H3. The van der Waals surface area contributed by atoms with Gasteiger partial charge in [-0.15, -0.1) is 0 Å². The molecule has 0 aromatic heterocycles. The van der Waals surface area contributed by atoms with Gasteiger partial charge in [0.2, 0.25) is 0 Å². The van der Waals surface area contributed by atoms with Crippen molar-refractivity contribution in [3.05, 3.63) is 29.3 Å². The molecular weight excluding hydrogens is 264 g/mol. The van der Waals surface area contributed by atoms with E-state index in [0.717, 1.165) is 32.6 Å². The second kappa shape index (κ2) is 6.78. The molecule has 1 unspecified atom stereocenters. The van der Waals surface area contributed by atoms with E-state index in [9.17, 15) is 4.79 Å². The average Bonchev–Trinajstić information content (AvgIpc) is 2.69. The van der Waals surface area contributed by atoms with Crippen LogP contribution in [-0.4, -0.2) is 43.1 Å². The Balaban J connectivity index is 1.97. The molecule has 0 aliphatic carbocycles. The Morgan fingerprint density at radius 1 is 1.37 bits per heavy atom. The van der Waals surface area contributed by atoms with E-state index in [1.165, 1.54) is 0 Å². The van der Waals surface area contributed by atoms with Crippen LogP contribution in [0, 0.1) is 0 Å². The summed E-state index contributed by atoms with van der Waals surface area (Å²) >= 11 is 6.02. The lowest BCUT2D eigenvalue weighted by Gasteiger charge is -2.24. The van der Waals surface area contributed by atoms with Gasteiger partial charge in [-0.1, -0.05) is 23.7 Å². The summed E-state index contributed by atoms with van der Waals surface area (Å²) in [4.78, 5) is 14.1. The van der Waals surface area contributed by atoms with Crippen molar-refractivity contribution >= 4 is 17.5 Å². The van der Waals surface area contributed by atoms with E-state index < -0.39 is 6.10 Å². The van der Waals surface area contributed by atoms with Crippen LogP contribution in [0.3, 0.4) is 0 Å². The van der Waals surface area contributed by atoms with Crippen molar-refractivity contribution in [1.82, 2.24) is 10.2 Å². The smallest absolute Gasteiger partial charge is 0.263 e. The van der Waals surface area contributed by atoms with Gasteiger partial charge >= 0.3 is 0 Å². The van der Waals surface area contributed by atoms with Gasteiger partial charge in [0.15, 0.2) is 6.10 Å². The van der Waals surface area contributed by atoms with Gasteiger partial charge in [-0.2, -0.15) is 0 Å². The highest BCUT2D eigenvalue weighted by molar-refractivity contribution is 6.32. The quantitative estimate of drug-likeness (QED) is 0.921. The first-order valence-corrected chi connectivity index (χ1v) is 6.97. The molecule has 1 atom stereocenters. The molecule has 0 radical (unpaired) electrons. The third kappa shape index (κ3) is 3.85. The number of carbonyl (C=O) groups is 1. The fourth-order valence-electron chi connectivity index (χ4n) is 2.10. The minimum Gasteiger partial charge on any atom is -0.479 e. The molecule has 2 rings (SSSR count). The van der Waals surface area contributed by atoms with Gasteiger partial charge in [-0.25, -0.2) is 0 Å². The lowest BCUT2D eigenvalue weighted by molar-refractivity contribution is -0.137. The van der Waals surface area contributed by atoms with E-state index in [1.807, 2.05) is 17.0 Å². The normalized spacial score (nSPS) is 17.7. The fourth-order valence-corrected chi connectivity index (χ4v) is 2.28. The largest absolute Gasteiger partial charge is 0.479 e. The Morgan fingerprint density at radius 2 is 2.16 bits per heavy atom. The van der Waals surface area contributed by atoms with Crippen molar-refractivity contribution in [2.24, 2.45) is 0 Å². The number of benzene rings is 1. The van der Waals surface area contributed by atoms with Crippen molar-refractivity contribution in [1.29, 1.82) is 0 Å². The lowest BCUT2D eigenvalue weighted by atomic mass is 10.3. The van der Waals surface area contributed by atoms with E-state index >= 15 is 0 Å². The van der Waals surface area contributed by atoms with E-state index in [2.05, 4.69) is 5.32 Å². The first kappa shape index (κ1) is 14.2. The number of hydrogen-bond donors (Lipinski definition) is 1. The van der Waals surface area contributed by atoms with Gasteiger partial charge in [0.25, 0.3) is 5.91 Å². The van der Waals surface area contributed by atoms with Crippen LogP contribution in [0.5, 0.6) is 5.75 Å². The molecule has 0 spiro atoms. The first-order chi connectivity index (χ1) is 9.18. The van der Waals surface area contributed by atoms with Crippen LogP contribution in [0.2, 0.25) is 5.02 Å². The molecule has 0 bridgehead atoms. The lowest BCUT2D eigenvalue weighted by Crippen LogP contribution is -2.42. The Kier molecular flexibility index (Phi) is 5.05. The molecule has 1 fully saturated rings. The van der Waals surface area contributed by atoms with Gasteiger partial charge in [-0.05, 0) is 32.0 Å². The number of nitrogens with one attached hydrogen (secondary N) is 1. The number of para-hydroxylation sites is 1. The highest BCUT2D eigenvalue weighted by Crippen LogP contribution is 2.24. The zero-order valence-electron chi connectivity index (χ0n) is 11.1. The summed E-state index contributed by atoms with van der Waals surface area (Å²) in [6.45, 7) is 5.08. The first-order valence-electron chi connectivity index (χ1n) is 6.59. The molecule has 1 aliphatic rings. The predicted molar refractivity (Wildman–Crippen MR) is 75.6 cm³/mol. The summed E-state index contributed by atoms with van der Waals surface area (Å²) in [5, 5.41) is 3.80. The second-order valence-electron chi connectivity index (χ2n) is 4.62. The third-order valence-electron chi connectivity index (χ3n) is 3.14. The number of amides is 1. The summed E-state index contributed by atoms with van der Waals surface area (Å²) < 4.78 is 5.66. The molecule has 1 amide bonds. The minimum atomic E-state index is -0.516. The molecule has 4 nitrogen and oxygen atoms in total. The maximum atomic E-state index is 12.3. The molecule has 19 heavy (non-hydrogen) atoms. The Hall–Kier alpha value is -1.26. The molecule has 1 aliphatic heterocycles. The molecule has 1 saturated heterocycles. The van der Waals surface area contributed by atoms with Crippen LogP contribution >= 0.6 is 11.6 Å². The van der Waals surface area contributed by atoms with Crippen molar-refractivity contribution in [3.63, 3.8) is 0 Å². The highest BCUT2D eigenvalue weighted by atomic mass is 35.5. The third-order valence-corrected chi connectivity index (χ3v) is 3.45. The van der Waals surface area contributed by atoms with Crippen LogP contribution in [-0.2, 0) is 4.79 Å². The van der Waals surface area contributed by atoms with Crippen molar-refractivity contribution in [2.45, 2.75) is 19.4 Å². The van der Waals surface area contributed by atoms with Gasteiger partial charge in [0, 0.05) is 19.6 Å². The van der Waals surface area contributed by atoms with Gasteiger partial charge in [0.1, 0.15) is 5.75 Å². The van der Waals surface area contributed by atoms with Crippen LogP contribution in [0.15, 0.2) is 24.3 Å². The molecule has 0 saturated carbocycles. The van der Waals surface area contributed by atoms with E-state index in [0.29, 0.717) is 10.8 Å². The van der Waals surface area contributed by atoms with Crippen LogP contribution < -0.4 is 10.1 Å². The van der Waals surface area contributed by atoms with E-state index in [-0.39, 0.29) is 5.91 Å². The average molecular weight is 283 g/mol. The number of hydrogen-bond acceptors (Lipinski definition) is 3. The number of ether oxygens (including phenoxy) is 1. The highest BCUT2D eigenvalue weighted by Gasteiger charge is 2.23. The maximum Gasteiger partial charge on any atom is 0.263 e. The van der Waals surface area contributed by atoms with Gasteiger partial charge in [-0.3, -0.25) is 4.79 Å². The Bertz CT molecular complexity index is 431. The van der Waals surface area contributed by atoms with Crippen LogP contribution in [0.1, 0.15) is 13.3 Å². The van der Waals surface area contributed by atoms with Crippen molar-refractivity contribution in [3.8, 4) is 5.75 Å². The fraction of sp³-hybridized carbons (Fsp3) is 0.500. The van der Waals surface area contributed by atoms with E-state index in [4.69, 9.17) is 16.3 Å². The van der Waals surface area contributed by atoms with Crippen molar-refractivity contribution in [2.75, 3.05) is 26.2 Å². The summed E-state index contributed by atoms with van der Waals surface area (Å²) in [7, 11) is 0. The molecule has 1 aromatic rings. The molecule has 104 valence electrons. The van der Waals surface area contributed by atoms with Gasteiger partial charge < -0.3 is 15.0 Å². The SMILES string of the molecule is CC(Oc1ccccc1Cl)C(=O)N1CCCNCC1. The number of rotatable bonds is 3. The molecule has 1 N–H and O–H groups in total. The summed E-state index contributed by atoms with van der Waals surface area (Å²) in [6, 6.07) is 7.20. The molecule has 5 heteroatoms. The second-order valence-corrected chi connectivity index (χ2v) is 5.03. The Labute approximate surface area is 118 Å². The summed E-state index contributed by atoms with van der Waals surface area (Å²) in [5.74, 6) is 0.571. The number of nitrogens with zero attached hydrogens (tertiary/aromatic N) is 1. The van der Waals surface area contributed by atoms with Crippen LogP contribution in [0.25, 0.3) is 0 Å². The maximum absolute atomic E-state index is 12.3. The van der Waals surface area contributed by atoms with Crippen LogP contribution in [0.4, 0.5) is 0 Å². The van der Waals surface area contributed by atoms with Crippen molar-refractivity contribution < 1.29 is 9.53 Å². The monoisotopic (exact) mass is 282 g/mol. The summed E-state index contributed by atoms with van der Waals surface area (Å²) in [5.41, 5.74) is 0. The zero-order chi connectivity index (χ0) is 13.7. The number of carbonyl (C=O) groups excluding carboxylic acids is 1. The number of halogens is 1. The minimum absolute atomic E-state index is 0.0172. The Morgan fingerprint density at radius 3 is 2.95 bits per heavy atom. The topological polar surface area (TPSA) is 41.6 Å². The molecule has 1 aromatic carbocycles. The predicted octanol–water partition coefficient (Wildman–Crippen LogP) is 1.93. The molecule has 1 heterocycles. The summed E-state index contributed by atoms with van der Waals surface area (Å²) in [6.07, 6.45) is 0.461. The zero-order valence-corrected chi connectivity index (χ0v) is 11.8. The van der Waals surface area contributed by atoms with Gasteiger partial charge in [0.05, 0.1) is 5.02 Å².